The van der Waals surface area contributed by atoms with Gasteiger partial charge >= 0.3 is 5.97 Å². The van der Waals surface area contributed by atoms with E-state index in [2.05, 4.69) is 10.3 Å². The molecule has 0 aliphatic rings. The highest BCUT2D eigenvalue weighted by molar-refractivity contribution is 5.85. The van der Waals surface area contributed by atoms with Crippen LogP contribution in [0.5, 0.6) is 0 Å². The number of carboxylic acids is 1. The van der Waals surface area contributed by atoms with Crippen molar-refractivity contribution in [3.63, 3.8) is 0 Å². The van der Waals surface area contributed by atoms with E-state index in [1.54, 1.807) is 24.3 Å². The molecule has 0 spiro atoms. The largest absolute Gasteiger partial charge is 0.477 e. The minimum Gasteiger partial charge on any atom is -0.477 e. The number of benzene rings is 1. The van der Waals surface area contributed by atoms with Gasteiger partial charge in [-0.25, -0.2) is 14.2 Å². The van der Waals surface area contributed by atoms with Crippen molar-refractivity contribution in [2.45, 2.75) is 19.5 Å². The van der Waals surface area contributed by atoms with E-state index in [4.69, 9.17) is 5.11 Å². The van der Waals surface area contributed by atoms with E-state index in [0.29, 0.717) is 12.2 Å². The van der Waals surface area contributed by atoms with Gasteiger partial charge in [-0.15, -0.1) is 0 Å². The molecule has 0 fully saturated rings. The van der Waals surface area contributed by atoms with Crippen molar-refractivity contribution in [3.8, 4) is 0 Å². The van der Waals surface area contributed by atoms with Crippen LogP contribution in [-0.2, 0) is 6.54 Å². The summed E-state index contributed by atoms with van der Waals surface area (Å²) in [5.41, 5.74) is 1.64. The molecule has 1 heterocycles. The first-order valence-corrected chi connectivity index (χ1v) is 6.24. The zero-order chi connectivity index (χ0) is 14.5. The fraction of sp³-hybridized carbons (Fsp3) is 0.200. The average molecular weight is 274 g/mol. The van der Waals surface area contributed by atoms with Crippen molar-refractivity contribution in [2.75, 3.05) is 0 Å². The Morgan fingerprint density at radius 2 is 2.00 bits per heavy atom. The third kappa shape index (κ3) is 3.61. The van der Waals surface area contributed by atoms with Gasteiger partial charge in [0.15, 0.2) is 0 Å². The Kier molecular flexibility index (Phi) is 4.42. The van der Waals surface area contributed by atoms with Gasteiger partial charge in [-0.2, -0.15) is 0 Å². The van der Waals surface area contributed by atoms with Crippen LogP contribution in [0.1, 0.15) is 34.7 Å². The first-order chi connectivity index (χ1) is 9.56. The zero-order valence-electron chi connectivity index (χ0n) is 11.0. The summed E-state index contributed by atoms with van der Waals surface area (Å²) < 4.78 is 12.8. The molecule has 1 atom stereocenters. The molecular weight excluding hydrogens is 259 g/mol. The number of pyridine rings is 1. The summed E-state index contributed by atoms with van der Waals surface area (Å²) in [5, 5.41) is 12.1. The predicted octanol–water partition coefficient (Wildman–Crippen LogP) is 2.77. The molecule has 1 aromatic heterocycles. The highest BCUT2D eigenvalue weighted by atomic mass is 19.1. The summed E-state index contributed by atoms with van der Waals surface area (Å²) in [6, 6.07) is 11.2. The second kappa shape index (κ2) is 6.25. The standard InChI is InChI=1S/C15H15FN2O2/c1-10(11-5-7-12(16)8-6-11)17-9-13-3-2-4-14(18-13)15(19)20/h2-8,10,17H,9H2,1H3,(H,19,20). The SMILES string of the molecule is CC(NCc1cccc(C(=O)O)n1)c1ccc(F)cc1. The minimum absolute atomic E-state index is 0.0193. The summed E-state index contributed by atoms with van der Waals surface area (Å²) in [5.74, 6) is -1.31. The van der Waals surface area contributed by atoms with Gasteiger partial charge < -0.3 is 10.4 Å². The summed E-state index contributed by atoms with van der Waals surface area (Å²) >= 11 is 0. The first kappa shape index (κ1) is 14.1. The Morgan fingerprint density at radius 3 is 2.65 bits per heavy atom. The van der Waals surface area contributed by atoms with Crippen LogP contribution in [0.4, 0.5) is 4.39 Å². The Balaban J connectivity index is 1.99. The normalized spacial score (nSPS) is 12.1. The molecular formula is C15H15FN2O2. The molecule has 0 aliphatic carbocycles. The molecule has 2 aromatic rings. The number of hydrogen-bond donors (Lipinski definition) is 2. The molecule has 0 bridgehead atoms. The van der Waals surface area contributed by atoms with Crippen LogP contribution < -0.4 is 5.32 Å². The highest BCUT2D eigenvalue weighted by Crippen LogP contribution is 2.13. The molecule has 104 valence electrons. The Bertz CT molecular complexity index is 599. The van der Waals surface area contributed by atoms with E-state index >= 15 is 0 Å². The lowest BCUT2D eigenvalue weighted by Gasteiger charge is -2.14. The highest BCUT2D eigenvalue weighted by Gasteiger charge is 2.08. The van der Waals surface area contributed by atoms with E-state index in [-0.39, 0.29) is 17.6 Å². The second-order valence-electron chi connectivity index (χ2n) is 4.47. The van der Waals surface area contributed by atoms with Gasteiger partial charge in [-0.1, -0.05) is 18.2 Å². The quantitative estimate of drug-likeness (QED) is 0.880. The van der Waals surface area contributed by atoms with Gasteiger partial charge in [0.1, 0.15) is 11.5 Å². The van der Waals surface area contributed by atoms with E-state index in [0.717, 1.165) is 5.56 Å². The summed E-state index contributed by atoms with van der Waals surface area (Å²) in [4.78, 5) is 14.9. The molecule has 4 nitrogen and oxygen atoms in total. The number of halogens is 1. The lowest BCUT2D eigenvalue weighted by Crippen LogP contribution is -2.19. The minimum atomic E-state index is -1.04. The monoisotopic (exact) mass is 274 g/mol. The van der Waals surface area contributed by atoms with Crippen molar-refractivity contribution >= 4 is 5.97 Å². The molecule has 0 radical (unpaired) electrons. The van der Waals surface area contributed by atoms with Crippen molar-refractivity contribution < 1.29 is 14.3 Å². The van der Waals surface area contributed by atoms with E-state index < -0.39 is 5.97 Å². The number of aromatic carboxylic acids is 1. The molecule has 0 saturated heterocycles. The second-order valence-corrected chi connectivity index (χ2v) is 4.47. The van der Waals surface area contributed by atoms with Crippen LogP contribution in [0.25, 0.3) is 0 Å². The third-order valence-electron chi connectivity index (χ3n) is 2.99. The van der Waals surface area contributed by atoms with Gasteiger partial charge in [0.25, 0.3) is 0 Å². The topological polar surface area (TPSA) is 62.2 Å². The van der Waals surface area contributed by atoms with Crippen LogP contribution in [0.3, 0.4) is 0 Å². The lowest BCUT2D eigenvalue weighted by molar-refractivity contribution is 0.0690. The van der Waals surface area contributed by atoms with Gasteiger partial charge in [0.05, 0.1) is 5.69 Å². The molecule has 2 rings (SSSR count). The van der Waals surface area contributed by atoms with Crippen LogP contribution >= 0.6 is 0 Å². The van der Waals surface area contributed by atoms with E-state index in [1.807, 2.05) is 6.92 Å². The van der Waals surface area contributed by atoms with Crippen LogP contribution in [0.15, 0.2) is 42.5 Å². The molecule has 0 amide bonds. The number of rotatable bonds is 5. The van der Waals surface area contributed by atoms with Crippen molar-refractivity contribution in [1.29, 1.82) is 0 Å². The fourth-order valence-corrected chi connectivity index (χ4v) is 1.82. The first-order valence-electron chi connectivity index (χ1n) is 6.24. The zero-order valence-corrected chi connectivity index (χ0v) is 11.0. The summed E-state index contributed by atoms with van der Waals surface area (Å²) in [6.45, 7) is 2.40. The number of aromatic nitrogens is 1. The smallest absolute Gasteiger partial charge is 0.354 e. The molecule has 1 unspecified atom stereocenters. The predicted molar refractivity (Wildman–Crippen MR) is 72.9 cm³/mol. The number of hydrogen-bond acceptors (Lipinski definition) is 3. The number of nitrogens with zero attached hydrogens (tertiary/aromatic N) is 1. The maximum absolute atomic E-state index is 12.8. The number of carboxylic acid groups (broad SMARTS) is 1. The summed E-state index contributed by atoms with van der Waals surface area (Å²) in [6.07, 6.45) is 0. The lowest BCUT2D eigenvalue weighted by atomic mass is 10.1. The molecule has 1 aromatic carbocycles. The van der Waals surface area contributed by atoms with Gasteiger partial charge in [-0.3, -0.25) is 0 Å². The average Bonchev–Trinajstić information content (AvgIpc) is 2.46. The fourth-order valence-electron chi connectivity index (χ4n) is 1.82. The maximum Gasteiger partial charge on any atom is 0.354 e. The molecule has 5 heteroatoms. The van der Waals surface area contributed by atoms with Gasteiger partial charge in [0, 0.05) is 12.6 Å². The molecule has 0 aliphatic heterocycles. The van der Waals surface area contributed by atoms with E-state index in [9.17, 15) is 9.18 Å². The number of carbonyl (C=O) groups is 1. The molecule has 20 heavy (non-hydrogen) atoms. The molecule has 0 saturated carbocycles. The van der Waals surface area contributed by atoms with Crippen molar-refractivity contribution in [1.82, 2.24) is 10.3 Å². The van der Waals surface area contributed by atoms with Crippen molar-refractivity contribution in [2.24, 2.45) is 0 Å². The Hall–Kier alpha value is -2.27. The van der Waals surface area contributed by atoms with Crippen molar-refractivity contribution in [3.05, 3.63) is 65.2 Å². The van der Waals surface area contributed by atoms with E-state index in [1.165, 1.54) is 18.2 Å². The van der Waals surface area contributed by atoms with Gasteiger partial charge in [-0.05, 0) is 36.8 Å². The summed E-state index contributed by atoms with van der Waals surface area (Å²) in [7, 11) is 0. The third-order valence-corrected chi connectivity index (χ3v) is 2.99. The van der Waals surface area contributed by atoms with Gasteiger partial charge in [0.2, 0.25) is 0 Å². The number of nitrogens with one attached hydrogen (secondary N) is 1. The maximum atomic E-state index is 12.8. The van der Waals surface area contributed by atoms with Crippen LogP contribution in [-0.4, -0.2) is 16.1 Å². The molecule has 2 N–H and O–H groups in total. The van der Waals surface area contributed by atoms with Crippen LogP contribution in [0.2, 0.25) is 0 Å². The van der Waals surface area contributed by atoms with Crippen LogP contribution in [0, 0.1) is 5.82 Å². The Labute approximate surface area is 116 Å². The Morgan fingerprint density at radius 1 is 1.30 bits per heavy atom.